The fourth-order valence-electron chi connectivity index (χ4n) is 1.57. The zero-order valence-electron chi connectivity index (χ0n) is 11.1. The van der Waals surface area contributed by atoms with Gasteiger partial charge < -0.3 is 5.32 Å². The van der Waals surface area contributed by atoms with Gasteiger partial charge in [-0.15, -0.1) is 11.3 Å². The van der Waals surface area contributed by atoms with E-state index < -0.39 is 0 Å². The van der Waals surface area contributed by atoms with Gasteiger partial charge in [-0.1, -0.05) is 26.8 Å². The molecule has 2 rings (SSSR count). The van der Waals surface area contributed by atoms with Crippen LogP contribution in [0, 0.1) is 0 Å². The maximum atomic E-state index is 4.68. The molecule has 0 spiro atoms. The Balaban J connectivity index is 2.09. The third-order valence-electron chi connectivity index (χ3n) is 2.70. The molecule has 0 aliphatic rings. The first-order valence-corrected chi connectivity index (χ1v) is 8.47. The average molecular weight is 404 g/mol. The topological polar surface area (TPSA) is 24.9 Å². The number of nitrogens with zero attached hydrogens (tertiary/aromatic N) is 1. The van der Waals surface area contributed by atoms with E-state index in [1.807, 2.05) is 18.2 Å². The van der Waals surface area contributed by atoms with Gasteiger partial charge in [-0.2, -0.15) is 0 Å². The van der Waals surface area contributed by atoms with Crippen molar-refractivity contribution < 1.29 is 0 Å². The summed E-state index contributed by atoms with van der Waals surface area (Å²) in [6, 6.07) is 6.05. The molecule has 1 aromatic carbocycles. The molecule has 5 heteroatoms. The summed E-state index contributed by atoms with van der Waals surface area (Å²) in [4.78, 5) is 4.68. The third-order valence-corrected chi connectivity index (χ3v) is 4.87. The molecule has 0 saturated carbocycles. The fraction of sp³-hybridized carbons (Fsp3) is 0.357. The molecule has 0 amide bonds. The molecule has 0 radical (unpaired) electrons. The summed E-state index contributed by atoms with van der Waals surface area (Å²) in [6.45, 7) is 7.29. The van der Waals surface area contributed by atoms with E-state index in [9.17, 15) is 0 Å². The number of rotatable bonds is 3. The highest BCUT2D eigenvalue weighted by molar-refractivity contribution is 9.11. The molecule has 2 nitrogen and oxygen atoms in total. The summed E-state index contributed by atoms with van der Waals surface area (Å²) in [5, 5.41) is 6.67. The lowest BCUT2D eigenvalue weighted by Gasteiger charge is -2.14. The second-order valence-electron chi connectivity index (χ2n) is 5.33. The number of halogens is 2. The van der Waals surface area contributed by atoms with E-state index in [0.29, 0.717) is 0 Å². The predicted molar refractivity (Wildman–Crippen MR) is 90.0 cm³/mol. The molecular formula is C14H16Br2N2S. The number of aromatic nitrogens is 1. The van der Waals surface area contributed by atoms with E-state index in [1.54, 1.807) is 11.3 Å². The average Bonchev–Trinajstić information content (AvgIpc) is 2.77. The lowest BCUT2D eigenvalue weighted by Crippen LogP contribution is -2.12. The maximum Gasteiger partial charge on any atom is 0.112 e. The molecule has 1 N–H and O–H groups in total. The minimum absolute atomic E-state index is 0.114. The molecule has 0 atom stereocenters. The van der Waals surface area contributed by atoms with Crippen LogP contribution in [0.2, 0.25) is 0 Å². The molecule has 102 valence electrons. The van der Waals surface area contributed by atoms with Gasteiger partial charge in [0.05, 0.1) is 17.9 Å². The zero-order chi connectivity index (χ0) is 14.0. The number of anilines is 1. The molecule has 0 unspecified atom stereocenters. The molecule has 0 fully saturated rings. The van der Waals surface area contributed by atoms with Crippen LogP contribution in [-0.2, 0) is 12.0 Å². The third kappa shape index (κ3) is 3.80. The number of thiazole rings is 1. The van der Waals surface area contributed by atoms with E-state index in [1.165, 1.54) is 0 Å². The molecule has 19 heavy (non-hydrogen) atoms. The minimum atomic E-state index is 0.114. The monoisotopic (exact) mass is 402 g/mol. The van der Waals surface area contributed by atoms with Crippen molar-refractivity contribution in [2.24, 2.45) is 0 Å². The maximum absolute atomic E-state index is 4.68. The van der Waals surface area contributed by atoms with E-state index in [4.69, 9.17) is 0 Å². The Labute approximate surface area is 134 Å². The summed E-state index contributed by atoms with van der Waals surface area (Å²) in [6.07, 6.45) is 0. The van der Waals surface area contributed by atoms with Gasteiger partial charge in [-0.3, -0.25) is 0 Å². The lowest BCUT2D eigenvalue weighted by molar-refractivity contribution is 0.571. The van der Waals surface area contributed by atoms with Crippen molar-refractivity contribution in [3.8, 4) is 0 Å². The zero-order valence-corrected chi connectivity index (χ0v) is 15.1. The van der Waals surface area contributed by atoms with Gasteiger partial charge in [0, 0.05) is 19.7 Å². The Morgan fingerprint density at radius 1 is 1.21 bits per heavy atom. The first-order chi connectivity index (χ1) is 8.88. The van der Waals surface area contributed by atoms with E-state index in [-0.39, 0.29) is 5.41 Å². The number of hydrogen-bond acceptors (Lipinski definition) is 3. The van der Waals surface area contributed by atoms with Gasteiger partial charge in [0.2, 0.25) is 0 Å². The van der Waals surface area contributed by atoms with Crippen LogP contribution >= 0.6 is 43.2 Å². The number of benzene rings is 1. The van der Waals surface area contributed by atoms with Crippen molar-refractivity contribution in [2.75, 3.05) is 5.32 Å². The molecule has 1 heterocycles. The molecule has 1 aromatic heterocycles. The first-order valence-electron chi connectivity index (χ1n) is 6.00. The first kappa shape index (κ1) is 15.0. The van der Waals surface area contributed by atoms with Crippen LogP contribution in [-0.4, -0.2) is 4.98 Å². The Bertz CT molecular complexity index is 553. The van der Waals surface area contributed by atoms with Crippen molar-refractivity contribution in [3.05, 3.63) is 43.2 Å². The van der Waals surface area contributed by atoms with E-state index in [2.05, 4.69) is 68.3 Å². The number of para-hydroxylation sites is 1. The summed E-state index contributed by atoms with van der Waals surface area (Å²) in [5.74, 6) is 0. The Morgan fingerprint density at radius 2 is 1.84 bits per heavy atom. The van der Waals surface area contributed by atoms with Crippen LogP contribution in [0.4, 0.5) is 5.69 Å². The van der Waals surface area contributed by atoms with Crippen LogP contribution < -0.4 is 5.32 Å². The van der Waals surface area contributed by atoms with Crippen molar-refractivity contribution in [2.45, 2.75) is 32.7 Å². The SMILES string of the molecule is CC(C)(C)c1csc(CNc2c(Br)cccc2Br)n1. The Kier molecular flexibility index (Phi) is 4.69. The number of nitrogens with one attached hydrogen (secondary N) is 1. The van der Waals surface area contributed by atoms with E-state index >= 15 is 0 Å². The highest BCUT2D eigenvalue weighted by atomic mass is 79.9. The smallest absolute Gasteiger partial charge is 0.112 e. The lowest BCUT2D eigenvalue weighted by atomic mass is 9.93. The second-order valence-corrected chi connectivity index (χ2v) is 7.98. The summed E-state index contributed by atoms with van der Waals surface area (Å²) in [7, 11) is 0. The van der Waals surface area contributed by atoms with Crippen molar-refractivity contribution in [3.63, 3.8) is 0 Å². The molecule has 0 aliphatic heterocycles. The van der Waals surface area contributed by atoms with Crippen molar-refractivity contribution in [1.29, 1.82) is 0 Å². The van der Waals surface area contributed by atoms with Crippen molar-refractivity contribution in [1.82, 2.24) is 4.98 Å². The van der Waals surface area contributed by atoms with Gasteiger partial charge in [0.15, 0.2) is 0 Å². The minimum Gasteiger partial charge on any atom is -0.377 e. The van der Waals surface area contributed by atoms with Crippen LogP contribution in [0.1, 0.15) is 31.5 Å². The fourth-order valence-corrected chi connectivity index (χ4v) is 3.81. The quantitative estimate of drug-likeness (QED) is 0.723. The number of hydrogen-bond donors (Lipinski definition) is 1. The van der Waals surface area contributed by atoms with E-state index in [0.717, 1.165) is 31.9 Å². The van der Waals surface area contributed by atoms with Gasteiger partial charge in [0.1, 0.15) is 5.01 Å². The predicted octanol–water partition coefficient (Wildman–Crippen LogP) is 5.58. The van der Waals surface area contributed by atoms with Crippen LogP contribution in [0.15, 0.2) is 32.5 Å². The Morgan fingerprint density at radius 3 is 2.37 bits per heavy atom. The van der Waals surface area contributed by atoms with Gasteiger partial charge in [-0.25, -0.2) is 4.98 Å². The Hall–Kier alpha value is -0.390. The van der Waals surface area contributed by atoms with Crippen LogP contribution in [0.5, 0.6) is 0 Å². The highest BCUT2D eigenvalue weighted by Gasteiger charge is 2.17. The van der Waals surface area contributed by atoms with Crippen LogP contribution in [0.3, 0.4) is 0 Å². The normalized spacial score (nSPS) is 11.6. The molecule has 2 aromatic rings. The second kappa shape index (κ2) is 5.94. The largest absolute Gasteiger partial charge is 0.377 e. The standard InChI is InChI=1S/C14H16Br2N2S/c1-14(2,3)11-8-19-12(18-11)7-17-13-9(15)5-4-6-10(13)16/h4-6,8,17H,7H2,1-3H3. The summed E-state index contributed by atoms with van der Waals surface area (Å²) in [5.41, 5.74) is 2.33. The van der Waals surface area contributed by atoms with Gasteiger partial charge in [-0.05, 0) is 44.0 Å². The molecule has 0 bridgehead atoms. The molecular weight excluding hydrogens is 388 g/mol. The van der Waals surface area contributed by atoms with Gasteiger partial charge in [0.25, 0.3) is 0 Å². The van der Waals surface area contributed by atoms with Crippen molar-refractivity contribution >= 4 is 48.9 Å². The van der Waals surface area contributed by atoms with Gasteiger partial charge >= 0.3 is 0 Å². The summed E-state index contributed by atoms with van der Waals surface area (Å²) >= 11 is 8.80. The molecule has 0 aliphatic carbocycles. The highest BCUT2D eigenvalue weighted by Crippen LogP contribution is 2.31. The molecule has 0 saturated heterocycles. The van der Waals surface area contributed by atoms with Crippen LogP contribution in [0.25, 0.3) is 0 Å². The summed E-state index contributed by atoms with van der Waals surface area (Å²) < 4.78 is 2.10.